The van der Waals surface area contributed by atoms with Crippen molar-refractivity contribution < 1.29 is 4.74 Å². The molecule has 5 heteroatoms. The number of nitrogens with two attached hydrogens (primary N) is 1. The fraction of sp³-hybridized carbons (Fsp3) is 0.412. The van der Waals surface area contributed by atoms with Crippen LogP contribution in [0.1, 0.15) is 31.0 Å². The first kappa shape index (κ1) is 14.8. The van der Waals surface area contributed by atoms with E-state index < -0.39 is 0 Å². The molecule has 3 N–H and O–H groups in total. The van der Waals surface area contributed by atoms with Crippen molar-refractivity contribution in [3.05, 3.63) is 36.3 Å². The zero-order valence-corrected chi connectivity index (χ0v) is 12.9. The molecule has 0 spiro atoms. The molecular formula is C17H22N4O. The maximum absolute atomic E-state index is 5.60. The summed E-state index contributed by atoms with van der Waals surface area (Å²) in [7, 11) is 1.68. The summed E-state index contributed by atoms with van der Waals surface area (Å²) < 4.78 is 5.49. The van der Waals surface area contributed by atoms with E-state index in [2.05, 4.69) is 10.3 Å². The van der Waals surface area contributed by atoms with Crippen LogP contribution in [0.4, 0.5) is 5.69 Å². The molecule has 116 valence electrons. The summed E-state index contributed by atoms with van der Waals surface area (Å²) in [5.41, 5.74) is 8.37. The maximum atomic E-state index is 5.60. The molecule has 5 nitrogen and oxygen atoms in total. The topological polar surface area (TPSA) is 73.1 Å². The van der Waals surface area contributed by atoms with Crippen molar-refractivity contribution in [2.75, 3.05) is 25.5 Å². The number of hydrogen-bond acceptors (Lipinski definition) is 5. The van der Waals surface area contributed by atoms with Crippen LogP contribution in [0, 0.1) is 0 Å². The van der Waals surface area contributed by atoms with Crippen LogP contribution in [0.3, 0.4) is 0 Å². The smallest absolute Gasteiger partial charge is 0.132 e. The lowest BCUT2D eigenvalue weighted by molar-refractivity contribution is 0.401. The zero-order chi connectivity index (χ0) is 15.4. The van der Waals surface area contributed by atoms with Gasteiger partial charge in [0.05, 0.1) is 19.0 Å². The number of para-hydroxylation sites is 1. The van der Waals surface area contributed by atoms with Gasteiger partial charge in [-0.05, 0) is 25.0 Å². The van der Waals surface area contributed by atoms with Crippen LogP contribution in [0.5, 0.6) is 5.75 Å². The minimum atomic E-state index is 0.497. The van der Waals surface area contributed by atoms with E-state index in [-0.39, 0.29) is 0 Å². The Hall–Kier alpha value is -2.14. The summed E-state index contributed by atoms with van der Waals surface area (Å²) in [5.74, 6) is 2.25. The lowest BCUT2D eigenvalue weighted by atomic mass is 9.85. The lowest BCUT2D eigenvalue weighted by Gasteiger charge is -2.24. The standard InChI is InChI=1S/C17H22N4O/c1-22-15-8-3-2-7-13(15)16-14(19-10-9-18)11-20-17(21-16)12-5-4-6-12/h2-3,7-8,11-12,19H,4-6,9-10,18H2,1H3. The third-order valence-electron chi connectivity index (χ3n) is 4.10. The Morgan fingerprint density at radius 1 is 1.32 bits per heavy atom. The van der Waals surface area contributed by atoms with Crippen LogP contribution in [0.2, 0.25) is 0 Å². The third-order valence-corrected chi connectivity index (χ3v) is 4.10. The average molecular weight is 298 g/mol. The van der Waals surface area contributed by atoms with Crippen molar-refractivity contribution >= 4 is 5.69 Å². The number of nitrogens with one attached hydrogen (secondary N) is 1. The van der Waals surface area contributed by atoms with Crippen molar-refractivity contribution in [1.82, 2.24) is 9.97 Å². The van der Waals surface area contributed by atoms with Gasteiger partial charge in [-0.1, -0.05) is 18.6 Å². The number of hydrogen-bond donors (Lipinski definition) is 2. The number of nitrogens with zero attached hydrogens (tertiary/aromatic N) is 2. The molecule has 1 heterocycles. The van der Waals surface area contributed by atoms with Gasteiger partial charge in [-0.3, -0.25) is 0 Å². The Balaban J connectivity index is 2.04. The summed E-state index contributed by atoms with van der Waals surface area (Å²) in [5, 5.41) is 3.31. The summed E-state index contributed by atoms with van der Waals surface area (Å²) >= 11 is 0. The van der Waals surface area contributed by atoms with Gasteiger partial charge in [0, 0.05) is 24.6 Å². The Morgan fingerprint density at radius 3 is 2.82 bits per heavy atom. The van der Waals surface area contributed by atoms with Gasteiger partial charge in [-0.25, -0.2) is 9.97 Å². The SMILES string of the molecule is COc1ccccc1-c1nc(C2CCC2)ncc1NCCN. The first-order valence-electron chi connectivity index (χ1n) is 7.77. The van der Waals surface area contributed by atoms with Gasteiger partial charge in [-0.15, -0.1) is 0 Å². The Kier molecular flexibility index (Phi) is 4.53. The minimum absolute atomic E-state index is 0.497. The van der Waals surface area contributed by atoms with Gasteiger partial charge >= 0.3 is 0 Å². The zero-order valence-electron chi connectivity index (χ0n) is 12.9. The number of aromatic nitrogens is 2. The van der Waals surface area contributed by atoms with Crippen LogP contribution in [0.15, 0.2) is 30.5 Å². The van der Waals surface area contributed by atoms with E-state index in [4.69, 9.17) is 15.5 Å². The molecule has 2 aromatic rings. The molecule has 22 heavy (non-hydrogen) atoms. The molecule has 3 rings (SSSR count). The minimum Gasteiger partial charge on any atom is -0.496 e. The number of anilines is 1. The quantitative estimate of drug-likeness (QED) is 0.858. The molecule has 1 aromatic heterocycles. The monoisotopic (exact) mass is 298 g/mol. The average Bonchev–Trinajstić information content (AvgIpc) is 2.52. The largest absolute Gasteiger partial charge is 0.496 e. The molecule has 0 bridgehead atoms. The first-order valence-corrected chi connectivity index (χ1v) is 7.77. The van der Waals surface area contributed by atoms with E-state index in [0.29, 0.717) is 19.0 Å². The van der Waals surface area contributed by atoms with E-state index in [9.17, 15) is 0 Å². The number of ether oxygens (including phenoxy) is 1. The highest BCUT2D eigenvalue weighted by molar-refractivity contribution is 5.78. The van der Waals surface area contributed by atoms with E-state index in [1.54, 1.807) is 7.11 Å². The Labute approximate surface area is 130 Å². The predicted molar refractivity (Wildman–Crippen MR) is 88.2 cm³/mol. The number of methoxy groups -OCH3 is 1. The molecule has 1 saturated carbocycles. The van der Waals surface area contributed by atoms with Crippen molar-refractivity contribution in [3.63, 3.8) is 0 Å². The third kappa shape index (κ3) is 2.90. The van der Waals surface area contributed by atoms with E-state index in [0.717, 1.165) is 28.5 Å². The molecule has 0 aliphatic heterocycles. The number of rotatable bonds is 6. The second-order valence-electron chi connectivity index (χ2n) is 5.53. The summed E-state index contributed by atoms with van der Waals surface area (Å²) in [6.45, 7) is 1.25. The molecular weight excluding hydrogens is 276 g/mol. The van der Waals surface area contributed by atoms with Crippen LogP contribution >= 0.6 is 0 Å². The molecule has 0 saturated heterocycles. The molecule has 0 unspecified atom stereocenters. The predicted octanol–water partition coefficient (Wildman–Crippen LogP) is 2.79. The maximum Gasteiger partial charge on any atom is 0.132 e. The lowest BCUT2D eigenvalue weighted by Crippen LogP contribution is -2.17. The van der Waals surface area contributed by atoms with Gasteiger partial charge in [0.25, 0.3) is 0 Å². The Bertz CT molecular complexity index is 640. The molecule has 1 aromatic carbocycles. The van der Waals surface area contributed by atoms with Gasteiger partial charge in [0.1, 0.15) is 17.3 Å². The molecule has 1 aliphatic carbocycles. The van der Waals surface area contributed by atoms with Crippen LogP contribution in [-0.4, -0.2) is 30.2 Å². The van der Waals surface area contributed by atoms with Crippen LogP contribution in [0.25, 0.3) is 11.3 Å². The van der Waals surface area contributed by atoms with E-state index in [1.807, 2.05) is 30.5 Å². The summed E-state index contributed by atoms with van der Waals surface area (Å²) in [6.07, 6.45) is 5.51. The normalized spacial score (nSPS) is 14.5. The van der Waals surface area contributed by atoms with Crippen molar-refractivity contribution in [2.24, 2.45) is 5.73 Å². The fourth-order valence-electron chi connectivity index (χ4n) is 2.64. The second-order valence-corrected chi connectivity index (χ2v) is 5.53. The van der Waals surface area contributed by atoms with Gasteiger partial charge in [0.2, 0.25) is 0 Å². The van der Waals surface area contributed by atoms with Crippen molar-refractivity contribution in [3.8, 4) is 17.0 Å². The number of benzene rings is 1. The van der Waals surface area contributed by atoms with Gasteiger partial charge < -0.3 is 15.8 Å². The molecule has 1 fully saturated rings. The summed E-state index contributed by atoms with van der Waals surface area (Å²) in [6, 6.07) is 7.94. The van der Waals surface area contributed by atoms with Crippen molar-refractivity contribution in [1.29, 1.82) is 0 Å². The van der Waals surface area contributed by atoms with Gasteiger partial charge in [-0.2, -0.15) is 0 Å². The van der Waals surface area contributed by atoms with Crippen LogP contribution in [-0.2, 0) is 0 Å². The second kappa shape index (κ2) is 6.75. The van der Waals surface area contributed by atoms with E-state index in [1.165, 1.54) is 19.3 Å². The first-order chi connectivity index (χ1) is 10.8. The highest BCUT2D eigenvalue weighted by Crippen LogP contribution is 2.38. The highest BCUT2D eigenvalue weighted by Gasteiger charge is 2.24. The van der Waals surface area contributed by atoms with Gasteiger partial charge in [0.15, 0.2) is 0 Å². The molecule has 0 atom stereocenters. The van der Waals surface area contributed by atoms with Crippen LogP contribution < -0.4 is 15.8 Å². The highest BCUT2D eigenvalue weighted by atomic mass is 16.5. The molecule has 1 aliphatic rings. The molecule has 0 amide bonds. The van der Waals surface area contributed by atoms with Crippen molar-refractivity contribution in [2.45, 2.75) is 25.2 Å². The molecule has 0 radical (unpaired) electrons. The fourth-order valence-corrected chi connectivity index (χ4v) is 2.64. The van der Waals surface area contributed by atoms with E-state index >= 15 is 0 Å². The Morgan fingerprint density at radius 2 is 2.14 bits per heavy atom. The summed E-state index contributed by atoms with van der Waals surface area (Å²) in [4.78, 5) is 9.37.